The third kappa shape index (κ3) is 5.35. The van der Waals surface area contributed by atoms with Crippen molar-refractivity contribution in [3.05, 3.63) is 81.5 Å². The summed E-state index contributed by atoms with van der Waals surface area (Å²) in [4.78, 5) is 0. The fourth-order valence-electron chi connectivity index (χ4n) is 6.91. The smallest absolute Gasteiger partial charge is 1.00 e. The summed E-state index contributed by atoms with van der Waals surface area (Å²) in [5.74, 6) is 1.59. The number of halogens is 2. The summed E-state index contributed by atoms with van der Waals surface area (Å²) in [5, 5.41) is 0. The molecule has 0 amide bonds. The van der Waals surface area contributed by atoms with Crippen molar-refractivity contribution in [1.82, 2.24) is 0 Å². The Bertz CT molecular complexity index is 971. The molecule has 4 aliphatic rings. The SMILES string of the molecule is CC1=CC2=C(CCCC2C)[CH]1[Zr+2](=[SiH]Cc1ccccc1)[CH]1C(C)=CC2=C1CCCC2C.[Cl-].[Cl-]. The molecule has 33 heavy (non-hydrogen) atoms. The van der Waals surface area contributed by atoms with Gasteiger partial charge in [0.2, 0.25) is 0 Å². The molecule has 4 unspecified atom stereocenters. The third-order valence-corrected chi connectivity index (χ3v) is 25.7. The molecule has 0 spiro atoms. The monoisotopic (exact) mass is 574 g/mol. The summed E-state index contributed by atoms with van der Waals surface area (Å²) in [6.07, 6.45) is 14.3. The van der Waals surface area contributed by atoms with Gasteiger partial charge in [-0.25, -0.2) is 0 Å². The Morgan fingerprint density at radius 2 is 1.27 bits per heavy atom. The van der Waals surface area contributed by atoms with Crippen molar-refractivity contribution in [1.29, 1.82) is 0 Å². The molecule has 0 saturated carbocycles. The van der Waals surface area contributed by atoms with Gasteiger partial charge in [-0.1, -0.05) is 0 Å². The predicted octanol–water partition coefficient (Wildman–Crippen LogP) is 1.89. The molecule has 0 aromatic heterocycles. The van der Waals surface area contributed by atoms with Gasteiger partial charge in [-0.2, -0.15) is 0 Å². The van der Waals surface area contributed by atoms with Crippen molar-refractivity contribution in [2.45, 2.75) is 79.5 Å². The minimum atomic E-state index is -1.80. The quantitative estimate of drug-likeness (QED) is 0.481. The molecule has 176 valence electrons. The van der Waals surface area contributed by atoms with E-state index in [-0.39, 0.29) is 24.8 Å². The van der Waals surface area contributed by atoms with Crippen molar-refractivity contribution in [2.75, 3.05) is 0 Å². The minimum absolute atomic E-state index is 0. The van der Waals surface area contributed by atoms with Crippen LogP contribution >= 0.6 is 0 Å². The summed E-state index contributed by atoms with van der Waals surface area (Å²) in [5.41, 5.74) is 12.5. The average molecular weight is 577 g/mol. The third-order valence-electron chi connectivity index (χ3n) is 8.43. The van der Waals surface area contributed by atoms with E-state index in [1.807, 2.05) is 11.1 Å². The molecule has 1 aromatic rings. The van der Waals surface area contributed by atoms with E-state index in [0.717, 1.165) is 19.1 Å². The Balaban J connectivity index is 0.00000153. The van der Waals surface area contributed by atoms with E-state index in [4.69, 9.17) is 0 Å². The van der Waals surface area contributed by atoms with Crippen LogP contribution in [0.2, 0.25) is 7.25 Å². The molecule has 0 aliphatic heterocycles. The normalized spacial score (nSPS) is 28.0. The fourth-order valence-corrected chi connectivity index (χ4v) is 27.9. The van der Waals surface area contributed by atoms with Crippen molar-refractivity contribution >= 4 is 6.16 Å². The van der Waals surface area contributed by atoms with Gasteiger partial charge in [0.1, 0.15) is 0 Å². The molecule has 0 heterocycles. The number of hydrogen-bond acceptors (Lipinski definition) is 0. The predicted molar refractivity (Wildman–Crippen MR) is 132 cm³/mol. The molecule has 5 rings (SSSR count). The molecule has 0 N–H and O–H groups in total. The van der Waals surface area contributed by atoms with Crippen LogP contribution in [0.5, 0.6) is 0 Å². The van der Waals surface area contributed by atoms with Gasteiger partial charge in [-0.05, 0) is 0 Å². The molecule has 0 bridgehead atoms. The number of benzene rings is 1. The van der Waals surface area contributed by atoms with E-state index in [1.165, 1.54) is 44.6 Å². The summed E-state index contributed by atoms with van der Waals surface area (Å²) in [6, 6.07) is 12.8. The van der Waals surface area contributed by atoms with Crippen molar-refractivity contribution < 1.29 is 45.2 Å². The Labute approximate surface area is 222 Å². The van der Waals surface area contributed by atoms with Crippen molar-refractivity contribution in [3.8, 4) is 0 Å². The molecular weight excluding hydrogens is 539 g/mol. The summed E-state index contributed by atoms with van der Waals surface area (Å²) < 4.78 is 1.80. The zero-order valence-electron chi connectivity index (χ0n) is 20.6. The van der Waals surface area contributed by atoms with Gasteiger partial charge in [0.25, 0.3) is 0 Å². The molecule has 0 nitrogen and oxygen atoms in total. The average Bonchev–Trinajstić information content (AvgIpc) is 3.28. The topological polar surface area (TPSA) is 0 Å². The second kappa shape index (κ2) is 11.7. The van der Waals surface area contributed by atoms with Crippen LogP contribution in [0.1, 0.15) is 71.8 Å². The van der Waals surface area contributed by atoms with Crippen LogP contribution in [0.25, 0.3) is 0 Å². The van der Waals surface area contributed by atoms with Crippen LogP contribution in [-0.2, 0) is 26.4 Å². The second-order valence-corrected chi connectivity index (χ2v) is 23.7. The van der Waals surface area contributed by atoms with E-state index in [0.29, 0.717) is 6.16 Å². The molecule has 0 saturated heterocycles. The van der Waals surface area contributed by atoms with Crippen LogP contribution in [0.3, 0.4) is 0 Å². The van der Waals surface area contributed by atoms with E-state index in [1.54, 1.807) is 27.9 Å². The first kappa shape index (κ1) is 27.4. The molecule has 1 aromatic carbocycles. The van der Waals surface area contributed by atoms with Crippen LogP contribution < -0.4 is 24.8 Å². The Morgan fingerprint density at radius 1 is 0.788 bits per heavy atom. The maximum atomic E-state index is 2.67. The van der Waals surface area contributed by atoms with Crippen LogP contribution in [0.4, 0.5) is 0 Å². The van der Waals surface area contributed by atoms with Crippen molar-refractivity contribution in [2.24, 2.45) is 11.8 Å². The maximum Gasteiger partial charge on any atom is -1.00 e. The fraction of sp³-hybridized carbons (Fsp3) is 0.517. The van der Waals surface area contributed by atoms with Crippen LogP contribution in [0.15, 0.2) is 75.9 Å². The van der Waals surface area contributed by atoms with E-state index >= 15 is 0 Å². The van der Waals surface area contributed by atoms with Gasteiger partial charge >= 0.3 is 199 Å². The molecule has 4 atom stereocenters. The zero-order valence-corrected chi connectivity index (χ0v) is 25.8. The molecule has 4 aliphatic carbocycles. The number of rotatable bonds is 4. The van der Waals surface area contributed by atoms with E-state index in [9.17, 15) is 0 Å². The Morgan fingerprint density at radius 3 is 1.76 bits per heavy atom. The van der Waals surface area contributed by atoms with Crippen molar-refractivity contribution in [3.63, 3.8) is 0 Å². The standard InChI is InChI=1S/2C11H15.C7H8Si.2ClH.Zr/c2*1-8-6-10-5-3-4-9(2)11(10)7-8;8-6-7-4-2-1-3-5-7;;;/h2*6-7,9H,3-5H2,1-2H3;1-5,8H,6H2;2*1H;/q;;;;;+2/p-2. The maximum absolute atomic E-state index is 2.67. The van der Waals surface area contributed by atoms with E-state index < -0.39 is 20.4 Å². The van der Waals surface area contributed by atoms with Gasteiger partial charge in [0.05, 0.1) is 0 Å². The minimum Gasteiger partial charge on any atom is -1.00 e. The molecule has 0 radical (unpaired) electrons. The molecule has 0 fully saturated rings. The zero-order chi connectivity index (χ0) is 21.5. The summed E-state index contributed by atoms with van der Waals surface area (Å²) >= 11 is -1.80. The number of hydrogen-bond donors (Lipinski definition) is 0. The van der Waals surface area contributed by atoms with Gasteiger partial charge in [-0.15, -0.1) is 0 Å². The van der Waals surface area contributed by atoms with Gasteiger partial charge in [0.15, 0.2) is 0 Å². The number of allylic oxidation sites excluding steroid dienone is 8. The second-order valence-electron chi connectivity index (χ2n) is 10.6. The first-order valence-corrected chi connectivity index (χ1v) is 21.1. The summed E-state index contributed by atoms with van der Waals surface area (Å²) in [7, 11) is 0. The van der Waals surface area contributed by atoms with Gasteiger partial charge in [-0.3, -0.25) is 0 Å². The first-order chi connectivity index (χ1) is 15.0. The van der Waals surface area contributed by atoms with Gasteiger partial charge < -0.3 is 24.8 Å². The largest absolute Gasteiger partial charge is 1.00 e. The molecular formula is C29H38Cl2SiZr. The molecule has 4 heteroatoms. The van der Waals surface area contributed by atoms with Crippen LogP contribution in [-0.4, -0.2) is 6.16 Å². The van der Waals surface area contributed by atoms with E-state index in [2.05, 4.69) is 70.2 Å². The Hall–Kier alpha value is -0.140. The summed E-state index contributed by atoms with van der Waals surface area (Å²) in [6.45, 7) is 9.99. The first-order valence-electron chi connectivity index (χ1n) is 12.6. The van der Waals surface area contributed by atoms with Gasteiger partial charge in [0, 0.05) is 0 Å². The van der Waals surface area contributed by atoms with Crippen LogP contribution in [0, 0.1) is 11.8 Å². The Kier molecular flexibility index (Phi) is 9.76.